The molecule has 21 heavy (non-hydrogen) atoms. The topological polar surface area (TPSA) is 44.5 Å². The van der Waals surface area contributed by atoms with Gasteiger partial charge in [0.1, 0.15) is 18.1 Å². The van der Waals surface area contributed by atoms with Crippen LogP contribution in [0.4, 0.5) is 0 Å². The van der Waals surface area contributed by atoms with Crippen molar-refractivity contribution in [1.29, 1.82) is 0 Å². The molecule has 2 N–H and O–H groups in total. The van der Waals surface area contributed by atoms with E-state index in [1.165, 1.54) is 0 Å². The second-order valence-corrected chi connectivity index (χ2v) is 4.72. The summed E-state index contributed by atoms with van der Waals surface area (Å²) >= 11 is 6.00. The zero-order valence-electron chi connectivity index (χ0n) is 11.7. The van der Waals surface area contributed by atoms with Gasteiger partial charge in [-0.2, -0.15) is 0 Å². The molecule has 0 saturated carbocycles. The van der Waals surface area contributed by atoms with Gasteiger partial charge in [0, 0.05) is 16.1 Å². The highest BCUT2D eigenvalue weighted by molar-refractivity contribution is 6.30. The maximum absolute atomic E-state index is 6.00. The van der Waals surface area contributed by atoms with Gasteiger partial charge in [0.25, 0.3) is 0 Å². The largest absolute Gasteiger partial charge is 0.496 e. The molecule has 0 aliphatic heterocycles. The monoisotopic (exact) mass is 301 g/mol. The van der Waals surface area contributed by atoms with Gasteiger partial charge < -0.3 is 15.2 Å². The maximum Gasteiger partial charge on any atom is 0.125 e. The van der Waals surface area contributed by atoms with E-state index in [1.54, 1.807) is 13.2 Å². The number of ether oxygens (including phenoxy) is 2. The molecule has 0 amide bonds. The highest BCUT2D eigenvalue weighted by atomic mass is 35.5. The Morgan fingerprint density at radius 2 is 2.05 bits per heavy atom. The Balaban J connectivity index is 2.11. The molecule has 2 aromatic carbocycles. The summed E-state index contributed by atoms with van der Waals surface area (Å²) in [4.78, 5) is 0. The summed E-state index contributed by atoms with van der Waals surface area (Å²) < 4.78 is 11.1. The summed E-state index contributed by atoms with van der Waals surface area (Å²) in [5, 5.41) is 0.650. The molecule has 3 nitrogen and oxygen atoms in total. The summed E-state index contributed by atoms with van der Waals surface area (Å²) in [6.45, 7) is 0.711. The van der Waals surface area contributed by atoms with Crippen molar-refractivity contribution < 1.29 is 9.47 Å². The number of hydrogen-bond donors (Lipinski definition) is 1. The fourth-order valence-electron chi connectivity index (χ4n) is 1.84. The van der Waals surface area contributed by atoms with Crippen molar-refractivity contribution in [2.45, 2.75) is 6.61 Å². The lowest BCUT2D eigenvalue weighted by atomic mass is 10.2. The van der Waals surface area contributed by atoms with E-state index in [4.69, 9.17) is 26.8 Å². The summed E-state index contributed by atoms with van der Waals surface area (Å²) in [5.74, 6) is 7.28. The molecule has 0 aliphatic rings. The first-order valence-corrected chi connectivity index (χ1v) is 6.85. The minimum atomic E-state index is 0.338. The number of nitrogens with two attached hydrogens (primary N) is 1. The molecular formula is C17H16ClNO2. The third-order valence-electron chi connectivity index (χ3n) is 2.81. The molecule has 0 unspecified atom stereocenters. The third kappa shape index (κ3) is 4.42. The summed E-state index contributed by atoms with van der Waals surface area (Å²) in [7, 11) is 1.62. The number of halogens is 1. The highest BCUT2D eigenvalue weighted by Crippen LogP contribution is 2.24. The molecule has 0 spiro atoms. The molecule has 108 valence electrons. The van der Waals surface area contributed by atoms with Gasteiger partial charge in [-0.25, -0.2) is 0 Å². The molecule has 0 fully saturated rings. The number of hydrogen-bond acceptors (Lipinski definition) is 3. The van der Waals surface area contributed by atoms with E-state index in [2.05, 4.69) is 11.8 Å². The molecule has 0 aliphatic carbocycles. The lowest BCUT2D eigenvalue weighted by Crippen LogP contribution is -1.99. The van der Waals surface area contributed by atoms with Crippen molar-refractivity contribution >= 4 is 11.6 Å². The van der Waals surface area contributed by atoms with Gasteiger partial charge in [0.2, 0.25) is 0 Å². The number of methoxy groups -OCH3 is 1. The Morgan fingerprint density at radius 3 is 2.81 bits per heavy atom. The Morgan fingerprint density at radius 1 is 1.19 bits per heavy atom. The van der Waals surface area contributed by atoms with Crippen molar-refractivity contribution in [3.05, 3.63) is 58.6 Å². The second kappa shape index (κ2) is 7.58. The Hall–Kier alpha value is -2.15. The SMILES string of the molecule is COc1ccc(Cl)cc1COc1cccc(C#CCN)c1. The quantitative estimate of drug-likeness (QED) is 0.882. The molecule has 4 heteroatoms. The van der Waals surface area contributed by atoms with Crippen LogP contribution in [0.15, 0.2) is 42.5 Å². The van der Waals surface area contributed by atoms with Gasteiger partial charge in [0.05, 0.1) is 13.7 Å². The Bertz CT molecular complexity index is 674. The fraction of sp³-hybridized carbons (Fsp3) is 0.176. The van der Waals surface area contributed by atoms with Crippen LogP contribution < -0.4 is 15.2 Å². The molecule has 0 atom stereocenters. The first-order valence-electron chi connectivity index (χ1n) is 6.47. The van der Waals surface area contributed by atoms with E-state index in [0.717, 1.165) is 22.6 Å². The smallest absolute Gasteiger partial charge is 0.125 e. The van der Waals surface area contributed by atoms with Gasteiger partial charge in [-0.3, -0.25) is 0 Å². The average Bonchev–Trinajstić information content (AvgIpc) is 2.51. The van der Waals surface area contributed by atoms with Crippen molar-refractivity contribution in [3.63, 3.8) is 0 Å². The number of rotatable bonds is 4. The van der Waals surface area contributed by atoms with E-state index in [0.29, 0.717) is 18.2 Å². The number of benzene rings is 2. The molecule has 0 radical (unpaired) electrons. The standard InChI is InChI=1S/C17H16ClNO2/c1-20-17-8-7-15(18)11-14(17)12-21-16-6-2-4-13(10-16)5-3-9-19/h2,4,6-8,10-11H,9,12,19H2,1H3. The maximum atomic E-state index is 6.00. The van der Waals surface area contributed by atoms with E-state index in [1.807, 2.05) is 36.4 Å². The molecule has 0 bridgehead atoms. The predicted molar refractivity (Wildman–Crippen MR) is 84.7 cm³/mol. The summed E-state index contributed by atoms with van der Waals surface area (Å²) in [5.41, 5.74) is 7.13. The van der Waals surface area contributed by atoms with E-state index in [9.17, 15) is 0 Å². The average molecular weight is 302 g/mol. The molecule has 0 heterocycles. The fourth-order valence-corrected chi connectivity index (χ4v) is 2.03. The third-order valence-corrected chi connectivity index (χ3v) is 3.04. The van der Waals surface area contributed by atoms with Crippen LogP contribution in [0.1, 0.15) is 11.1 Å². The van der Waals surface area contributed by atoms with Crippen molar-refractivity contribution in [2.24, 2.45) is 5.73 Å². The molecule has 0 saturated heterocycles. The minimum Gasteiger partial charge on any atom is -0.496 e. The second-order valence-electron chi connectivity index (χ2n) is 4.28. The van der Waals surface area contributed by atoms with Gasteiger partial charge in [-0.15, -0.1) is 0 Å². The van der Waals surface area contributed by atoms with Gasteiger partial charge in [0.15, 0.2) is 0 Å². The molecule has 2 aromatic rings. The normalized spacial score (nSPS) is 9.67. The van der Waals surface area contributed by atoms with Crippen LogP contribution in [0, 0.1) is 11.8 Å². The van der Waals surface area contributed by atoms with Crippen molar-refractivity contribution in [3.8, 4) is 23.3 Å². The Kier molecular flexibility index (Phi) is 5.51. The zero-order valence-corrected chi connectivity index (χ0v) is 12.5. The van der Waals surface area contributed by atoms with Crippen LogP contribution in [-0.4, -0.2) is 13.7 Å². The van der Waals surface area contributed by atoms with Crippen LogP contribution in [0.25, 0.3) is 0 Å². The first-order chi connectivity index (χ1) is 10.2. The molecule has 0 aromatic heterocycles. The van der Waals surface area contributed by atoms with E-state index < -0.39 is 0 Å². The van der Waals surface area contributed by atoms with Gasteiger partial charge in [-0.1, -0.05) is 29.5 Å². The minimum absolute atomic E-state index is 0.338. The molecule has 2 rings (SSSR count). The summed E-state index contributed by atoms with van der Waals surface area (Å²) in [6, 6.07) is 13.0. The Labute approximate surface area is 129 Å². The molecular weight excluding hydrogens is 286 g/mol. The van der Waals surface area contributed by atoms with Crippen LogP contribution in [0.5, 0.6) is 11.5 Å². The van der Waals surface area contributed by atoms with E-state index >= 15 is 0 Å². The van der Waals surface area contributed by atoms with Crippen LogP contribution >= 0.6 is 11.6 Å². The zero-order chi connectivity index (χ0) is 15.1. The summed E-state index contributed by atoms with van der Waals surface area (Å²) in [6.07, 6.45) is 0. The lowest BCUT2D eigenvalue weighted by molar-refractivity contribution is 0.296. The van der Waals surface area contributed by atoms with Crippen LogP contribution in [-0.2, 0) is 6.61 Å². The van der Waals surface area contributed by atoms with Crippen molar-refractivity contribution in [2.75, 3.05) is 13.7 Å². The van der Waals surface area contributed by atoms with E-state index in [-0.39, 0.29) is 0 Å². The predicted octanol–water partition coefficient (Wildman–Crippen LogP) is 3.24. The lowest BCUT2D eigenvalue weighted by Gasteiger charge is -2.11. The van der Waals surface area contributed by atoms with Gasteiger partial charge in [-0.05, 0) is 36.4 Å². The highest BCUT2D eigenvalue weighted by Gasteiger charge is 2.05. The van der Waals surface area contributed by atoms with Crippen molar-refractivity contribution in [1.82, 2.24) is 0 Å². The van der Waals surface area contributed by atoms with Crippen LogP contribution in [0.3, 0.4) is 0 Å². The first kappa shape index (κ1) is 15.2. The van der Waals surface area contributed by atoms with Crippen LogP contribution in [0.2, 0.25) is 5.02 Å². The van der Waals surface area contributed by atoms with Gasteiger partial charge >= 0.3 is 0 Å².